The molecular formula is C24H35NO. The highest BCUT2D eigenvalue weighted by Crippen LogP contribution is 2.42. The molecule has 0 aromatic heterocycles. The van der Waals surface area contributed by atoms with E-state index in [-0.39, 0.29) is 0 Å². The molecular weight excluding hydrogens is 318 g/mol. The van der Waals surface area contributed by atoms with Crippen LogP contribution in [0.5, 0.6) is 0 Å². The fourth-order valence-electron chi connectivity index (χ4n) is 4.68. The van der Waals surface area contributed by atoms with Crippen LogP contribution in [0.4, 0.5) is 0 Å². The molecule has 1 unspecified atom stereocenters. The van der Waals surface area contributed by atoms with Crippen molar-refractivity contribution in [1.82, 2.24) is 4.90 Å². The number of carbonyl (C=O) groups is 1. The molecule has 1 heterocycles. The number of rotatable bonds is 8. The molecule has 1 aromatic carbocycles. The van der Waals surface area contributed by atoms with E-state index in [4.69, 9.17) is 0 Å². The summed E-state index contributed by atoms with van der Waals surface area (Å²) in [6, 6.07) is 9.15. The van der Waals surface area contributed by atoms with E-state index in [0.717, 1.165) is 38.6 Å². The number of fused-ring (bicyclic) bond motifs is 2. The Morgan fingerprint density at radius 1 is 1.15 bits per heavy atom. The summed E-state index contributed by atoms with van der Waals surface area (Å²) in [5.41, 5.74) is 5.98. The summed E-state index contributed by atoms with van der Waals surface area (Å²) in [6.07, 6.45) is 9.96. The van der Waals surface area contributed by atoms with Gasteiger partial charge in [0.05, 0.1) is 6.04 Å². The number of nitrogens with zero attached hydrogens (tertiary/aromatic N) is 1. The van der Waals surface area contributed by atoms with Gasteiger partial charge >= 0.3 is 0 Å². The summed E-state index contributed by atoms with van der Waals surface area (Å²) >= 11 is 0. The molecule has 1 aliphatic heterocycles. The Morgan fingerprint density at radius 3 is 2.69 bits per heavy atom. The molecule has 1 aromatic rings. The van der Waals surface area contributed by atoms with Gasteiger partial charge in [-0.25, -0.2) is 0 Å². The molecule has 0 fully saturated rings. The maximum Gasteiger partial charge on any atom is 0.223 e. The highest BCUT2D eigenvalue weighted by molar-refractivity contribution is 5.83. The molecule has 0 spiro atoms. The summed E-state index contributed by atoms with van der Waals surface area (Å²) in [6.45, 7) is 7.70. The molecule has 0 saturated carbocycles. The summed E-state index contributed by atoms with van der Waals surface area (Å²) in [7, 11) is 0. The molecule has 26 heavy (non-hydrogen) atoms. The summed E-state index contributed by atoms with van der Waals surface area (Å²) in [4.78, 5) is 15.2. The minimum Gasteiger partial charge on any atom is -0.336 e. The van der Waals surface area contributed by atoms with Crippen molar-refractivity contribution in [2.45, 2.75) is 84.6 Å². The van der Waals surface area contributed by atoms with Crippen LogP contribution in [-0.2, 0) is 11.2 Å². The molecule has 2 aliphatic rings. The van der Waals surface area contributed by atoms with E-state index in [0.29, 0.717) is 17.9 Å². The number of carbonyl (C=O) groups excluding carboxylic acids is 1. The zero-order valence-electron chi connectivity index (χ0n) is 16.9. The van der Waals surface area contributed by atoms with Gasteiger partial charge in [-0.05, 0) is 53.9 Å². The molecule has 142 valence electrons. The molecule has 2 nitrogen and oxygen atoms in total. The average Bonchev–Trinajstić information content (AvgIpc) is 3.00. The standard InChI is InChI=1S/C24H35NO/c1-4-5-6-7-8-13-24(26)25-15-14-21-20-12-10-9-11-19(20)17-22(21)23(25)16-18(2)3/h9-12,18,23H,4-8,13-17H2,1-3H3. The van der Waals surface area contributed by atoms with E-state index >= 15 is 0 Å². The fourth-order valence-corrected chi connectivity index (χ4v) is 4.68. The Morgan fingerprint density at radius 2 is 1.92 bits per heavy atom. The lowest BCUT2D eigenvalue weighted by Gasteiger charge is -2.38. The molecule has 1 atom stereocenters. The highest BCUT2D eigenvalue weighted by Gasteiger charge is 2.36. The van der Waals surface area contributed by atoms with Gasteiger partial charge < -0.3 is 4.90 Å². The van der Waals surface area contributed by atoms with Crippen molar-refractivity contribution < 1.29 is 4.79 Å². The quantitative estimate of drug-likeness (QED) is 0.525. The molecule has 0 radical (unpaired) electrons. The van der Waals surface area contributed by atoms with Crippen LogP contribution in [0.1, 0.15) is 83.3 Å². The van der Waals surface area contributed by atoms with Crippen molar-refractivity contribution in [3.05, 3.63) is 41.0 Å². The molecule has 0 saturated heterocycles. The Kier molecular flexibility index (Phi) is 6.56. The van der Waals surface area contributed by atoms with E-state index in [1.807, 2.05) is 0 Å². The van der Waals surface area contributed by atoms with Gasteiger partial charge in [0, 0.05) is 13.0 Å². The number of amides is 1. The number of benzene rings is 1. The topological polar surface area (TPSA) is 20.3 Å². The van der Waals surface area contributed by atoms with Crippen molar-refractivity contribution in [3.8, 4) is 0 Å². The van der Waals surface area contributed by atoms with Crippen LogP contribution in [0.15, 0.2) is 29.8 Å². The zero-order chi connectivity index (χ0) is 18.5. The van der Waals surface area contributed by atoms with Crippen LogP contribution in [0.2, 0.25) is 0 Å². The van der Waals surface area contributed by atoms with Gasteiger partial charge in [-0.3, -0.25) is 4.79 Å². The van der Waals surface area contributed by atoms with Crippen molar-refractivity contribution >= 4 is 11.5 Å². The molecule has 1 amide bonds. The third-order valence-electron chi connectivity index (χ3n) is 6.00. The minimum atomic E-state index is 0.314. The maximum absolute atomic E-state index is 13.0. The van der Waals surface area contributed by atoms with Crippen LogP contribution in [0, 0.1) is 5.92 Å². The van der Waals surface area contributed by atoms with Crippen LogP contribution >= 0.6 is 0 Å². The predicted molar refractivity (Wildman–Crippen MR) is 110 cm³/mol. The molecule has 0 bridgehead atoms. The third kappa shape index (κ3) is 4.22. The lowest BCUT2D eigenvalue weighted by Crippen LogP contribution is -2.45. The van der Waals surface area contributed by atoms with Gasteiger partial charge in [0.15, 0.2) is 0 Å². The first kappa shape index (κ1) is 19.2. The van der Waals surface area contributed by atoms with Crippen LogP contribution in [0.3, 0.4) is 0 Å². The summed E-state index contributed by atoms with van der Waals surface area (Å²) in [5, 5.41) is 0. The Bertz CT molecular complexity index is 658. The number of unbranched alkanes of at least 4 members (excludes halogenated alkanes) is 4. The van der Waals surface area contributed by atoms with Crippen molar-refractivity contribution in [2.75, 3.05) is 6.54 Å². The van der Waals surface area contributed by atoms with E-state index < -0.39 is 0 Å². The predicted octanol–water partition coefficient (Wildman–Crippen LogP) is 6.00. The van der Waals surface area contributed by atoms with Crippen molar-refractivity contribution in [3.63, 3.8) is 0 Å². The van der Waals surface area contributed by atoms with E-state index in [2.05, 4.69) is 49.9 Å². The first-order chi connectivity index (χ1) is 12.6. The molecule has 3 rings (SSSR count). The normalized spacial score (nSPS) is 19.1. The fraction of sp³-hybridized carbons (Fsp3) is 0.625. The van der Waals surface area contributed by atoms with Gasteiger partial charge in [0.1, 0.15) is 0 Å². The Hall–Kier alpha value is -1.57. The number of hydrogen-bond donors (Lipinski definition) is 0. The first-order valence-corrected chi connectivity index (χ1v) is 10.7. The number of hydrogen-bond acceptors (Lipinski definition) is 1. The zero-order valence-corrected chi connectivity index (χ0v) is 16.9. The highest BCUT2D eigenvalue weighted by atomic mass is 16.2. The molecule has 2 heteroatoms. The minimum absolute atomic E-state index is 0.314. The van der Waals surface area contributed by atoms with E-state index in [9.17, 15) is 4.79 Å². The lowest BCUT2D eigenvalue weighted by atomic mass is 9.87. The average molecular weight is 354 g/mol. The van der Waals surface area contributed by atoms with Gasteiger partial charge in [-0.15, -0.1) is 0 Å². The smallest absolute Gasteiger partial charge is 0.223 e. The van der Waals surface area contributed by atoms with Gasteiger partial charge in [-0.2, -0.15) is 0 Å². The van der Waals surface area contributed by atoms with Gasteiger partial charge in [0.25, 0.3) is 0 Å². The Balaban J connectivity index is 1.71. The van der Waals surface area contributed by atoms with Crippen LogP contribution in [-0.4, -0.2) is 23.4 Å². The second-order valence-corrected chi connectivity index (χ2v) is 8.48. The third-order valence-corrected chi connectivity index (χ3v) is 6.00. The van der Waals surface area contributed by atoms with Crippen LogP contribution in [0.25, 0.3) is 5.57 Å². The lowest BCUT2D eigenvalue weighted by molar-refractivity contribution is -0.133. The SMILES string of the molecule is CCCCCCCC(=O)N1CCC2=C(Cc3ccccc32)C1CC(C)C. The van der Waals surface area contributed by atoms with Gasteiger partial charge in [0.2, 0.25) is 5.91 Å². The van der Waals surface area contributed by atoms with Crippen LogP contribution < -0.4 is 0 Å². The van der Waals surface area contributed by atoms with E-state index in [1.54, 1.807) is 5.57 Å². The molecule has 0 N–H and O–H groups in total. The van der Waals surface area contributed by atoms with Gasteiger partial charge in [-0.1, -0.05) is 70.7 Å². The second kappa shape index (κ2) is 8.88. The molecule has 1 aliphatic carbocycles. The maximum atomic E-state index is 13.0. The van der Waals surface area contributed by atoms with E-state index in [1.165, 1.54) is 42.4 Å². The summed E-state index contributed by atoms with van der Waals surface area (Å²) < 4.78 is 0. The Labute approximate surface area is 159 Å². The first-order valence-electron chi connectivity index (χ1n) is 10.7. The second-order valence-electron chi connectivity index (χ2n) is 8.48. The monoisotopic (exact) mass is 353 g/mol. The van der Waals surface area contributed by atoms with Crippen molar-refractivity contribution in [1.29, 1.82) is 0 Å². The van der Waals surface area contributed by atoms with Crippen molar-refractivity contribution in [2.24, 2.45) is 5.92 Å². The summed E-state index contributed by atoms with van der Waals surface area (Å²) in [5.74, 6) is 0.991. The largest absolute Gasteiger partial charge is 0.336 e.